The van der Waals surface area contributed by atoms with Crippen molar-refractivity contribution in [1.29, 1.82) is 0 Å². The summed E-state index contributed by atoms with van der Waals surface area (Å²) in [6.07, 6.45) is 5.12. The van der Waals surface area contributed by atoms with E-state index in [1.165, 1.54) is 12.1 Å². The molecule has 8 heteroatoms. The predicted molar refractivity (Wildman–Crippen MR) is 131 cm³/mol. The highest BCUT2D eigenvalue weighted by Gasteiger charge is 2.30. The van der Waals surface area contributed by atoms with Gasteiger partial charge in [-0.25, -0.2) is 8.78 Å². The maximum Gasteiger partial charge on any atom is 0.257 e. The van der Waals surface area contributed by atoms with E-state index in [4.69, 9.17) is 4.74 Å². The Hall–Kier alpha value is -2.58. The quantitative estimate of drug-likeness (QED) is 0.601. The van der Waals surface area contributed by atoms with Gasteiger partial charge in [0.05, 0.1) is 36.7 Å². The molecular weight excluding hydrogens is 452 g/mol. The van der Waals surface area contributed by atoms with Gasteiger partial charge in [-0.3, -0.25) is 9.78 Å². The van der Waals surface area contributed by atoms with Crippen molar-refractivity contribution >= 4 is 5.91 Å². The standard InChI is InChI=1S/C27H35F2N3O3/c1-27(2,29)18-31-12-9-19(10-13-31)17-35-22-6-8-25(30-15-22)20-5-7-23(24(28)14-20)26(34)32-11-3-4-21(32)16-33/h5-8,14-15,19,21,33H,3-4,9-13,16-18H2,1-2H3. The molecule has 1 aromatic heterocycles. The Balaban J connectivity index is 1.31. The van der Waals surface area contributed by atoms with Gasteiger partial charge < -0.3 is 19.6 Å². The number of alkyl halides is 1. The first-order valence-corrected chi connectivity index (χ1v) is 12.5. The summed E-state index contributed by atoms with van der Waals surface area (Å²) in [6, 6.07) is 7.85. The van der Waals surface area contributed by atoms with Gasteiger partial charge in [0.1, 0.15) is 17.2 Å². The summed E-state index contributed by atoms with van der Waals surface area (Å²) in [5, 5.41) is 9.46. The summed E-state index contributed by atoms with van der Waals surface area (Å²) >= 11 is 0. The van der Waals surface area contributed by atoms with Crippen LogP contribution in [0.25, 0.3) is 11.3 Å². The van der Waals surface area contributed by atoms with E-state index in [0.29, 0.717) is 42.6 Å². The van der Waals surface area contributed by atoms with Gasteiger partial charge >= 0.3 is 0 Å². The minimum absolute atomic E-state index is 0.00942. The number of halogens is 2. The number of rotatable bonds is 8. The van der Waals surface area contributed by atoms with Gasteiger partial charge in [-0.2, -0.15) is 0 Å². The van der Waals surface area contributed by atoms with Crippen molar-refractivity contribution < 1.29 is 23.4 Å². The molecular formula is C27H35F2N3O3. The Morgan fingerprint density at radius 1 is 1.17 bits per heavy atom. The van der Waals surface area contributed by atoms with Crippen molar-refractivity contribution in [2.45, 2.75) is 51.2 Å². The van der Waals surface area contributed by atoms with Crippen LogP contribution in [0, 0.1) is 11.7 Å². The van der Waals surface area contributed by atoms with E-state index in [1.807, 2.05) is 6.07 Å². The zero-order chi connectivity index (χ0) is 25.0. The largest absolute Gasteiger partial charge is 0.492 e. The molecule has 2 aliphatic heterocycles. The number of aromatic nitrogens is 1. The Labute approximate surface area is 205 Å². The van der Waals surface area contributed by atoms with Crippen LogP contribution in [0.1, 0.15) is 49.9 Å². The molecule has 0 bridgehead atoms. The molecule has 0 radical (unpaired) electrons. The molecule has 1 atom stereocenters. The fourth-order valence-corrected chi connectivity index (χ4v) is 4.99. The number of piperidine rings is 1. The van der Waals surface area contributed by atoms with Crippen LogP contribution in [0.2, 0.25) is 0 Å². The lowest BCUT2D eigenvalue weighted by atomic mass is 9.97. The molecule has 2 fully saturated rings. The smallest absolute Gasteiger partial charge is 0.257 e. The summed E-state index contributed by atoms with van der Waals surface area (Å²) in [5.41, 5.74) is 0.00250. The zero-order valence-corrected chi connectivity index (χ0v) is 20.6. The summed E-state index contributed by atoms with van der Waals surface area (Å²) in [5.74, 6) is 0.0912. The second-order valence-corrected chi connectivity index (χ2v) is 10.3. The highest BCUT2D eigenvalue weighted by molar-refractivity contribution is 5.95. The first kappa shape index (κ1) is 25.5. The average molecular weight is 488 g/mol. The van der Waals surface area contributed by atoms with Gasteiger partial charge in [0.15, 0.2) is 0 Å². The fourth-order valence-electron chi connectivity index (χ4n) is 4.99. The van der Waals surface area contributed by atoms with Crippen LogP contribution in [0.3, 0.4) is 0 Å². The molecule has 1 N–H and O–H groups in total. The van der Waals surface area contributed by atoms with Crippen LogP contribution in [0.15, 0.2) is 36.5 Å². The monoisotopic (exact) mass is 487 g/mol. The number of ether oxygens (including phenoxy) is 1. The maximum absolute atomic E-state index is 14.8. The third kappa shape index (κ3) is 6.55. The Kier molecular flexibility index (Phi) is 8.02. The molecule has 190 valence electrons. The van der Waals surface area contributed by atoms with E-state index in [1.54, 1.807) is 37.1 Å². The number of aliphatic hydroxyl groups is 1. The molecule has 1 aromatic carbocycles. The predicted octanol–water partition coefficient (Wildman–Crippen LogP) is 4.32. The van der Waals surface area contributed by atoms with Crippen LogP contribution in [0.5, 0.6) is 5.75 Å². The number of hydrogen-bond donors (Lipinski definition) is 1. The maximum atomic E-state index is 14.8. The summed E-state index contributed by atoms with van der Waals surface area (Å²) < 4.78 is 34.6. The van der Waals surface area contributed by atoms with Crippen molar-refractivity contribution in [3.05, 3.63) is 47.9 Å². The lowest BCUT2D eigenvalue weighted by molar-refractivity contribution is 0.0673. The van der Waals surface area contributed by atoms with Gasteiger partial charge in [0.2, 0.25) is 0 Å². The van der Waals surface area contributed by atoms with Crippen LogP contribution in [-0.4, -0.2) is 76.9 Å². The summed E-state index contributed by atoms with van der Waals surface area (Å²) in [4.78, 5) is 20.9. The van der Waals surface area contributed by atoms with E-state index in [0.717, 1.165) is 38.8 Å². The summed E-state index contributed by atoms with van der Waals surface area (Å²) in [7, 11) is 0. The van der Waals surface area contributed by atoms with Crippen LogP contribution >= 0.6 is 0 Å². The highest BCUT2D eigenvalue weighted by atomic mass is 19.1. The van der Waals surface area contributed by atoms with Gasteiger partial charge in [0, 0.05) is 18.7 Å². The number of benzene rings is 1. The first-order valence-electron chi connectivity index (χ1n) is 12.5. The van der Waals surface area contributed by atoms with Crippen LogP contribution in [0.4, 0.5) is 8.78 Å². The van der Waals surface area contributed by atoms with Gasteiger partial charge in [-0.15, -0.1) is 0 Å². The van der Waals surface area contributed by atoms with Crippen molar-refractivity contribution in [3.63, 3.8) is 0 Å². The molecule has 0 spiro atoms. The normalized spacial score (nSPS) is 19.8. The fraction of sp³-hybridized carbons (Fsp3) is 0.556. The third-order valence-corrected chi connectivity index (χ3v) is 6.87. The molecule has 4 rings (SSSR count). The number of likely N-dealkylation sites (tertiary alicyclic amines) is 2. The van der Waals surface area contributed by atoms with Crippen molar-refractivity contribution in [3.8, 4) is 17.0 Å². The molecule has 1 unspecified atom stereocenters. The molecule has 2 aromatic rings. The zero-order valence-electron chi connectivity index (χ0n) is 20.6. The summed E-state index contributed by atoms with van der Waals surface area (Å²) in [6.45, 7) is 6.45. The minimum Gasteiger partial charge on any atom is -0.492 e. The molecule has 3 heterocycles. The van der Waals surface area contributed by atoms with E-state index in [-0.39, 0.29) is 24.1 Å². The number of pyridine rings is 1. The Bertz CT molecular complexity index is 1000. The molecule has 35 heavy (non-hydrogen) atoms. The van der Waals surface area contributed by atoms with Gasteiger partial charge in [-0.1, -0.05) is 6.07 Å². The number of aliphatic hydroxyl groups excluding tert-OH is 1. The second-order valence-electron chi connectivity index (χ2n) is 10.3. The molecule has 2 aliphatic rings. The average Bonchev–Trinajstić information content (AvgIpc) is 3.31. The molecule has 0 saturated carbocycles. The number of hydrogen-bond acceptors (Lipinski definition) is 5. The SMILES string of the molecule is CC(C)(F)CN1CCC(COc2ccc(-c3ccc(C(=O)N4CCCC4CO)c(F)c3)nc2)CC1. The van der Waals surface area contributed by atoms with Crippen LogP contribution < -0.4 is 4.74 Å². The second kappa shape index (κ2) is 11.0. The molecule has 0 aliphatic carbocycles. The third-order valence-electron chi connectivity index (χ3n) is 6.87. The highest BCUT2D eigenvalue weighted by Crippen LogP contribution is 2.26. The van der Waals surface area contributed by atoms with Gasteiger partial charge in [0.25, 0.3) is 5.91 Å². The Morgan fingerprint density at radius 2 is 1.94 bits per heavy atom. The number of amides is 1. The topological polar surface area (TPSA) is 65.9 Å². The van der Waals surface area contributed by atoms with E-state index in [9.17, 15) is 18.7 Å². The van der Waals surface area contributed by atoms with Crippen molar-refractivity contribution in [2.24, 2.45) is 5.92 Å². The Morgan fingerprint density at radius 3 is 2.57 bits per heavy atom. The minimum atomic E-state index is -1.17. The number of carbonyl (C=O) groups is 1. The van der Waals surface area contributed by atoms with E-state index < -0.39 is 11.5 Å². The van der Waals surface area contributed by atoms with Crippen LogP contribution in [-0.2, 0) is 0 Å². The first-order chi connectivity index (χ1) is 16.7. The van der Waals surface area contributed by atoms with Crippen molar-refractivity contribution in [2.75, 3.05) is 39.4 Å². The van der Waals surface area contributed by atoms with Gasteiger partial charge in [-0.05, 0) is 82.8 Å². The molecule has 6 nitrogen and oxygen atoms in total. The molecule has 2 saturated heterocycles. The lowest BCUT2D eigenvalue weighted by Crippen LogP contribution is -2.41. The lowest BCUT2D eigenvalue weighted by Gasteiger charge is -2.34. The number of nitrogens with zero attached hydrogens (tertiary/aromatic N) is 3. The van der Waals surface area contributed by atoms with E-state index in [2.05, 4.69) is 9.88 Å². The molecule has 1 amide bonds. The van der Waals surface area contributed by atoms with E-state index >= 15 is 0 Å². The van der Waals surface area contributed by atoms with Crippen molar-refractivity contribution in [1.82, 2.24) is 14.8 Å². The number of carbonyl (C=O) groups excluding carboxylic acids is 1.